The Kier molecular flexibility index (Phi) is 9.24. The molecule has 3 fully saturated rings. The van der Waals surface area contributed by atoms with Gasteiger partial charge < -0.3 is 19.5 Å². The number of benzene rings is 2. The highest BCUT2D eigenvalue weighted by Gasteiger charge is 2.36. The Labute approximate surface area is 280 Å². The summed E-state index contributed by atoms with van der Waals surface area (Å²) in [7, 11) is 2.07. The molecule has 1 N–H and O–H groups in total. The molecule has 0 amide bonds. The second-order valence-electron chi connectivity index (χ2n) is 13.2. The number of nitrogens with zero attached hydrogens (tertiary/aromatic N) is 5. The Bertz CT molecular complexity index is 1840. The molecule has 4 aromatic rings. The van der Waals surface area contributed by atoms with Crippen molar-refractivity contribution < 1.29 is 22.5 Å². The number of piperidine rings is 1. The van der Waals surface area contributed by atoms with Crippen LogP contribution in [-0.4, -0.2) is 74.4 Å². The number of alkyl halides is 3. The van der Waals surface area contributed by atoms with E-state index in [-0.39, 0.29) is 29.1 Å². The first-order chi connectivity index (χ1) is 23.0. The van der Waals surface area contributed by atoms with Crippen molar-refractivity contribution in [2.75, 3.05) is 51.4 Å². The minimum absolute atomic E-state index is 0.00175. The van der Waals surface area contributed by atoms with Crippen molar-refractivity contribution in [1.82, 2.24) is 23.7 Å². The molecule has 2 unspecified atom stereocenters. The monoisotopic (exact) mass is 680 g/mol. The lowest BCUT2D eigenvalue weighted by Gasteiger charge is -2.31. The van der Waals surface area contributed by atoms with Gasteiger partial charge >= 0.3 is 6.18 Å². The topological polar surface area (TPSA) is 98.6 Å². The highest BCUT2D eigenvalue weighted by atomic mass is 32.2. The van der Waals surface area contributed by atoms with Gasteiger partial charge in [-0.2, -0.15) is 18.2 Å². The summed E-state index contributed by atoms with van der Waals surface area (Å²) in [4.78, 5) is 25.5. The van der Waals surface area contributed by atoms with Gasteiger partial charge in [0.2, 0.25) is 5.95 Å². The molecular weight excluding hydrogens is 641 g/mol. The normalized spacial score (nSPS) is 20.7. The third-order valence-electron chi connectivity index (χ3n) is 9.70. The zero-order valence-electron chi connectivity index (χ0n) is 27.0. The molecule has 0 bridgehead atoms. The van der Waals surface area contributed by atoms with E-state index < -0.39 is 28.7 Å². The van der Waals surface area contributed by atoms with Gasteiger partial charge in [0.15, 0.2) is 0 Å². The van der Waals surface area contributed by atoms with Gasteiger partial charge in [0.1, 0.15) is 11.9 Å². The van der Waals surface area contributed by atoms with Crippen LogP contribution < -0.4 is 10.9 Å². The second-order valence-corrected chi connectivity index (χ2v) is 14.6. The van der Waals surface area contributed by atoms with Crippen LogP contribution in [0.15, 0.2) is 59.5 Å². The molecule has 13 heteroatoms. The Morgan fingerprint density at radius 1 is 1.00 bits per heavy atom. The molecule has 48 heavy (non-hydrogen) atoms. The van der Waals surface area contributed by atoms with Crippen LogP contribution in [0.5, 0.6) is 0 Å². The van der Waals surface area contributed by atoms with Crippen LogP contribution >= 0.6 is 0 Å². The minimum atomic E-state index is -4.67. The molecule has 2 atom stereocenters. The molecule has 3 aliphatic rings. The van der Waals surface area contributed by atoms with Crippen molar-refractivity contribution in [3.63, 3.8) is 0 Å². The number of halogens is 3. The summed E-state index contributed by atoms with van der Waals surface area (Å²) in [5.41, 5.74) is 1.30. The highest BCUT2D eigenvalue weighted by Crippen LogP contribution is 2.40. The van der Waals surface area contributed by atoms with E-state index in [1.54, 1.807) is 18.5 Å². The van der Waals surface area contributed by atoms with Gasteiger partial charge in [-0.15, -0.1) is 4.31 Å². The van der Waals surface area contributed by atoms with Crippen LogP contribution in [0.1, 0.15) is 54.4 Å². The Hall–Kier alpha value is -3.49. The van der Waals surface area contributed by atoms with Crippen LogP contribution in [0, 0.1) is 5.92 Å². The summed E-state index contributed by atoms with van der Waals surface area (Å²) in [6.45, 7) is 3.90. The molecule has 0 radical (unpaired) electrons. The summed E-state index contributed by atoms with van der Waals surface area (Å²) in [5.74, 6) is 0.480. The first-order valence-corrected chi connectivity index (χ1v) is 17.9. The van der Waals surface area contributed by atoms with Crippen molar-refractivity contribution in [3.05, 3.63) is 81.8 Å². The second kappa shape index (κ2) is 13.4. The van der Waals surface area contributed by atoms with Gasteiger partial charge in [-0.1, -0.05) is 24.3 Å². The van der Waals surface area contributed by atoms with Crippen molar-refractivity contribution in [2.24, 2.45) is 5.92 Å². The molecule has 7 rings (SSSR count). The molecule has 2 aromatic carbocycles. The van der Waals surface area contributed by atoms with Gasteiger partial charge in [0, 0.05) is 66.9 Å². The van der Waals surface area contributed by atoms with E-state index >= 15 is 0 Å². The van der Waals surface area contributed by atoms with Crippen LogP contribution in [0.3, 0.4) is 0 Å². The SMILES string of the molecule is CN1CCOC(c2ccc(Nc3ncc4cc(-c5ccc(C6CCN([S+](C)[O-])CC6)cc5C(F)(F)F)c(=O)n(CC5CC5)c4n3)cc2)C1. The number of hydrogen-bond donors (Lipinski definition) is 1. The number of aromatic nitrogens is 3. The van der Waals surface area contributed by atoms with E-state index in [0.717, 1.165) is 37.2 Å². The molecular formula is C35H39F3N6O3S. The van der Waals surface area contributed by atoms with Gasteiger partial charge in [0.25, 0.3) is 5.56 Å². The molecule has 254 valence electrons. The van der Waals surface area contributed by atoms with Gasteiger partial charge in [-0.05, 0) is 85.5 Å². The fraction of sp³-hybridized carbons (Fsp3) is 0.457. The Morgan fingerprint density at radius 3 is 2.40 bits per heavy atom. The van der Waals surface area contributed by atoms with E-state index in [0.29, 0.717) is 61.6 Å². The number of ether oxygens (including phenoxy) is 1. The Morgan fingerprint density at radius 2 is 1.73 bits per heavy atom. The van der Waals surface area contributed by atoms with E-state index in [9.17, 15) is 22.5 Å². The van der Waals surface area contributed by atoms with Crippen LogP contribution in [0.4, 0.5) is 24.8 Å². The van der Waals surface area contributed by atoms with Gasteiger partial charge in [-0.3, -0.25) is 9.36 Å². The Balaban J connectivity index is 1.21. The molecule has 1 saturated carbocycles. The number of fused-ring (bicyclic) bond motifs is 1. The number of nitrogens with one attached hydrogen (secondary N) is 1. The number of rotatable bonds is 8. The number of anilines is 2. The van der Waals surface area contributed by atoms with Gasteiger partial charge in [0.05, 0.1) is 18.3 Å². The summed E-state index contributed by atoms with van der Waals surface area (Å²) in [6, 6.07) is 13.7. The predicted octanol–water partition coefficient (Wildman–Crippen LogP) is 6.11. The minimum Gasteiger partial charge on any atom is -0.598 e. The van der Waals surface area contributed by atoms with E-state index in [1.165, 1.54) is 22.8 Å². The largest absolute Gasteiger partial charge is 0.598 e. The first-order valence-electron chi connectivity index (χ1n) is 16.4. The molecule has 0 spiro atoms. The average molecular weight is 681 g/mol. The van der Waals surface area contributed by atoms with Crippen molar-refractivity contribution in [3.8, 4) is 11.1 Å². The molecule has 9 nitrogen and oxygen atoms in total. The van der Waals surface area contributed by atoms with E-state index in [1.807, 2.05) is 28.6 Å². The first kappa shape index (κ1) is 33.0. The quantitative estimate of drug-likeness (QED) is 0.223. The van der Waals surface area contributed by atoms with Gasteiger partial charge in [-0.25, -0.2) is 4.98 Å². The number of likely N-dealkylation sites (N-methyl/N-ethyl adjacent to an activating group) is 1. The van der Waals surface area contributed by atoms with Crippen LogP contribution in [0.25, 0.3) is 22.2 Å². The summed E-state index contributed by atoms with van der Waals surface area (Å²) >= 11 is -1.11. The maximum absolute atomic E-state index is 14.6. The third kappa shape index (κ3) is 7.11. The zero-order chi connectivity index (χ0) is 33.6. The summed E-state index contributed by atoms with van der Waals surface area (Å²) in [5, 5.41) is 3.70. The van der Waals surface area contributed by atoms with Crippen molar-refractivity contribution in [1.29, 1.82) is 0 Å². The molecule has 1 aliphatic carbocycles. The smallest absolute Gasteiger partial charge is 0.417 e. The molecule has 4 heterocycles. The van der Waals surface area contributed by atoms with Crippen molar-refractivity contribution in [2.45, 2.75) is 50.4 Å². The maximum atomic E-state index is 14.6. The fourth-order valence-corrected chi connectivity index (χ4v) is 7.49. The molecule has 2 aromatic heterocycles. The predicted molar refractivity (Wildman–Crippen MR) is 180 cm³/mol. The van der Waals surface area contributed by atoms with Crippen molar-refractivity contribution >= 4 is 34.0 Å². The highest BCUT2D eigenvalue weighted by molar-refractivity contribution is 7.88. The van der Waals surface area contributed by atoms with Crippen LogP contribution in [0.2, 0.25) is 0 Å². The lowest BCUT2D eigenvalue weighted by atomic mass is 9.87. The molecule has 2 saturated heterocycles. The average Bonchev–Trinajstić information content (AvgIpc) is 3.90. The maximum Gasteiger partial charge on any atom is 0.417 e. The van der Waals surface area contributed by atoms with E-state index in [4.69, 9.17) is 9.72 Å². The number of morpholine rings is 1. The number of hydrogen-bond acceptors (Lipinski definition) is 8. The third-order valence-corrected chi connectivity index (χ3v) is 10.8. The molecule has 2 aliphatic heterocycles. The standard InChI is InChI=1S/C35H39F3N6O3S/c1-42-15-16-47-31(21-42)24-5-8-27(9-6-24)40-34-39-19-26-17-29(33(45)44(32(26)41-34)20-22-3-4-22)28-10-7-25(18-30(28)35(36,37)38)23-11-13-43(14-12-23)48(2)46/h5-10,17-19,22-23,31H,3-4,11-16,20-21H2,1-2H3,(H,39,40,41). The zero-order valence-corrected chi connectivity index (χ0v) is 27.8. The van der Waals surface area contributed by atoms with E-state index in [2.05, 4.69) is 22.2 Å². The number of pyridine rings is 1. The lowest BCUT2D eigenvalue weighted by Crippen LogP contribution is -2.37. The fourth-order valence-electron chi connectivity index (χ4n) is 6.76. The summed E-state index contributed by atoms with van der Waals surface area (Å²) in [6.07, 6.45) is 1.65. The summed E-state index contributed by atoms with van der Waals surface area (Å²) < 4.78 is 65.0. The van der Waals surface area contributed by atoms with Crippen LogP contribution in [-0.2, 0) is 28.8 Å². The lowest BCUT2D eigenvalue weighted by molar-refractivity contribution is -0.137.